The number of ether oxygens (including phenoxy) is 2. The van der Waals surface area contributed by atoms with Crippen LogP contribution >= 0.6 is 0 Å². The molecule has 168 valence electrons. The van der Waals surface area contributed by atoms with Crippen LogP contribution in [0.1, 0.15) is 56.1 Å². The molecule has 6 heteroatoms. The van der Waals surface area contributed by atoms with Gasteiger partial charge in [0.15, 0.2) is 11.5 Å². The molecule has 2 aromatic rings. The van der Waals surface area contributed by atoms with Crippen molar-refractivity contribution in [2.24, 2.45) is 5.92 Å². The Morgan fingerprint density at radius 2 is 1.48 bits per heavy atom. The lowest BCUT2D eigenvalue weighted by Gasteiger charge is -2.23. The third-order valence-electron chi connectivity index (χ3n) is 5.24. The van der Waals surface area contributed by atoms with Gasteiger partial charge in [-0.15, -0.1) is 0 Å². The maximum Gasteiger partial charge on any atom is 0.251 e. The summed E-state index contributed by atoms with van der Waals surface area (Å²) in [6.07, 6.45) is 0. The molecule has 0 aliphatic rings. The predicted octanol–water partition coefficient (Wildman–Crippen LogP) is 4.70. The van der Waals surface area contributed by atoms with E-state index in [0.29, 0.717) is 22.7 Å². The molecule has 0 fully saturated rings. The quantitative estimate of drug-likeness (QED) is 0.673. The van der Waals surface area contributed by atoms with Crippen molar-refractivity contribution in [2.75, 3.05) is 19.5 Å². The molecule has 2 rings (SSSR count). The summed E-state index contributed by atoms with van der Waals surface area (Å²) in [6.45, 7) is 12.0. The number of anilines is 1. The number of nitrogens with one attached hydrogen (secondary N) is 2. The molecule has 0 bridgehead atoms. The Hall–Kier alpha value is -3.02. The van der Waals surface area contributed by atoms with Crippen LogP contribution in [0.25, 0.3) is 0 Å². The van der Waals surface area contributed by atoms with Gasteiger partial charge in [0.05, 0.1) is 14.2 Å². The van der Waals surface area contributed by atoms with Gasteiger partial charge in [0.25, 0.3) is 5.91 Å². The van der Waals surface area contributed by atoms with Gasteiger partial charge in [-0.3, -0.25) is 9.59 Å². The van der Waals surface area contributed by atoms with E-state index >= 15 is 0 Å². The van der Waals surface area contributed by atoms with Crippen LogP contribution in [0.4, 0.5) is 5.69 Å². The van der Waals surface area contributed by atoms with Crippen molar-refractivity contribution in [3.05, 3.63) is 53.1 Å². The molecule has 0 saturated carbocycles. The fourth-order valence-corrected chi connectivity index (χ4v) is 3.21. The van der Waals surface area contributed by atoms with Gasteiger partial charge in [-0.1, -0.05) is 46.8 Å². The predicted molar refractivity (Wildman–Crippen MR) is 124 cm³/mol. The number of carbonyl (C=O) groups is 2. The molecule has 0 unspecified atom stereocenters. The normalized spacial score (nSPS) is 12.3. The molecule has 0 saturated heterocycles. The van der Waals surface area contributed by atoms with Crippen LogP contribution in [0.5, 0.6) is 11.5 Å². The minimum absolute atomic E-state index is 0.00659. The summed E-state index contributed by atoms with van der Waals surface area (Å²) in [7, 11) is 3.11. The molecule has 2 N–H and O–H groups in total. The van der Waals surface area contributed by atoms with Gasteiger partial charge in [-0.25, -0.2) is 0 Å². The van der Waals surface area contributed by atoms with Crippen LogP contribution < -0.4 is 20.1 Å². The number of amides is 2. The minimum Gasteiger partial charge on any atom is -0.493 e. The molecule has 6 nitrogen and oxygen atoms in total. The van der Waals surface area contributed by atoms with Crippen molar-refractivity contribution in [3.63, 3.8) is 0 Å². The summed E-state index contributed by atoms with van der Waals surface area (Å²) >= 11 is 0. The lowest BCUT2D eigenvalue weighted by atomic mass is 9.86. The van der Waals surface area contributed by atoms with Crippen LogP contribution in [0.2, 0.25) is 0 Å². The first-order valence-corrected chi connectivity index (χ1v) is 10.4. The second kappa shape index (κ2) is 9.86. The highest BCUT2D eigenvalue weighted by atomic mass is 16.5. The fourth-order valence-electron chi connectivity index (χ4n) is 3.21. The van der Waals surface area contributed by atoms with Gasteiger partial charge in [-0.05, 0) is 47.6 Å². The van der Waals surface area contributed by atoms with Crippen molar-refractivity contribution in [1.82, 2.24) is 5.32 Å². The number of hydrogen-bond donors (Lipinski definition) is 2. The van der Waals surface area contributed by atoms with E-state index in [1.807, 2.05) is 32.9 Å². The molecular formula is C25H34N2O4. The number of benzene rings is 2. The number of aryl methyl sites for hydroxylation is 1. The van der Waals surface area contributed by atoms with Gasteiger partial charge in [0, 0.05) is 17.3 Å². The van der Waals surface area contributed by atoms with Gasteiger partial charge < -0.3 is 20.1 Å². The monoisotopic (exact) mass is 426 g/mol. The Bertz CT molecular complexity index is 928. The summed E-state index contributed by atoms with van der Waals surface area (Å²) in [4.78, 5) is 25.8. The molecule has 0 spiro atoms. The zero-order valence-corrected chi connectivity index (χ0v) is 19.8. The van der Waals surface area contributed by atoms with Crippen molar-refractivity contribution in [2.45, 2.75) is 53.0 Å². The minimum atomic E-state index is -0.692. The Balaban J connectivity index is 2.19. The van der Waals surface area contributed by atoms with Crippen molar-refractivity contribution in [1.29, 1.82) is 0 Å². The maximum atomic E-state index is 13.0. The van der Waals surface area contributed by atoms with Crippen LogP contribution in [-0.2, 0) is 10.2 Å². The Morgan fingerprint density at radius 1 is 0.935 bits per heavy atom. The summed E-state index contributed by atoms with van der Waals surface area (Å²) in [5.74, 6) is 0.444. The largest absolute Gasteiger partial charge is 0.493 e. The molecule has 2 amide bonds. The van der Waals surface area contributed by atoms with Crippen LogP contribution in [0.3, 0.4) is 0 Å². The standard InChI is InChI=1S/C25H34N2O4/c1-15(2)22(27-23(28)17-9-11-18(12-10-17)25(4,5)6)24(29)26-19-14-21(31-8)20(30-7)13-16(19)3/h9-15,22H,1-8H3,(H,26,29)(H,27,28)/t22-/m0/s1. The molecule has 0 heterocycles. The zero-order valence-electron chi connectivity index (χ0n) is 19.8. The van der Waals surface area contributed by atoms with E-state index < -0.39 is 6.04 Å². The van der Waals surface area contributed by atoms with Gasteiger partial charge in [0.2, 0.25) is 5.91 Å². The molecule has 2 aromatic carbocycles. The van der Waals surface area contributed by atoms with Crippen molar-refractivity contribution >= 4 is 17.5 Å². The Labute approximate surface area is 185 Å². The van der Waals surface area contributed by atoms with Crippen LogP contribution in [-0.4, -0.2) is 32.1 Å². The van der Waals surface area contributed by atoms with E-state index in [9.17, 15) is 9.59 Å². The van der Waals surface area contributed by atoms with Crippen molar-refractivity contribution in [3.8, 4) is 11.5 Å². The zero-order chi connectivity index (χ0) is 23.3. The van der Waals surface area contributed by atoms with Gasteiger partial charge in [-0.2, -0.15) is 0 Å². The Morgan fingerprint density at radius 3 is 1.97 bits per heavy atom. The van der Waals surface area contributed by atoms with E-state index in [1.165, 1.54) is 0 Å². The van der Waals surface area contributed by atoms with Gasteiger partial charge in [0.1, 0.15) is 6.04 Å². The van der Waals surface area contributed by atoms with E-state index in [1.54, 1.807) is 38.5 Å². The first-order chi connectivity index (χ1) is 14.5. The van der Waals surface area contributed by atoms with E-state index in [4.69, 9.17) is 9.47 Å². The SMILES string of the molecule is COc1cc(C)c(NC(=O)[C@@H](NC(=O)c2ccc(C(C)(C)C)cc2)C(C)C)cc1OC. The molecule has 0 radical (unpaired) electrons. The first kappa shape index (κ1) is 24.3. The molecule has 0 aliphatic carbocycles. The topological polar surface area (TPSA) is 76.7 Å². The fraction of sp³-hybridized carbons (Fsp3) is 0.440. The van der Waals surface area contributed by atoms with E-state index in [2.05, 4.69) is 31.4 Å². The molecular weight excluding hydrogens is 392 g/mol. The lowest BCUT2D eigenvalue weighted by Crippen LogP contribution is -2.47. The number of hydrogen-bond acceptors (Lipinski definition) is 4. The third-order valence-corrected chi connectivity index (χ3v) is 5.24. The average molecular weight is 427 g/mol. The van der Waals surface area contributed by atoms with Crippen molar-refractivity contribution < 1.29 is 19.1 Å². The van der Waals surface area contributed by atoms with E-state index in [-0.39, 0.29) is 23.1 Å². The summed E-state index contributed by atoms with van der Waals surface area (Å²) in [6, 6.07) is 10.3. The van der Waals surface area contributed by atoms with Crippen LogP contribution in [0.15, 0.2) is 36.4 Å². The Kier molecular flexibility index (Phi) is 7.71. The highest BCUT2D eigenvalue weighted by Gasteiger charge is 2.26. The lowest BCUT2D eigenvalue weighted by molar-refractivity contribution is -0.118. The smallest absolute Gasteiger partial charge is 0.251 e. The number of methoxy groups -OCH3 is 2. The summed E-state index contributed by atoms with van der Waals surface area (Å²) in [5, 5.41) is 5.79. The number of rotatable bonds is 7. The highest BCUT2D eigenvalue weighted by Crippen LogP contribution is 2.33. The summed E-state index contributed by atoms with van der Waals surface area (Å²) in [5.41, 5.74) is 3.11. The molecule has 1 atom stereocenters. The average Bonchev–Trinajstić information content (AvgIpc) is 2.71. The highest BCUT2D eigenvalue weighted by molar-refractivity contribution is 6.01. The summed E-state index contributed by atoms with van der Waals surface area (Å²) < 4.78 is 10.6. The third kappa shape index (κ3) is 6.00. The maximum absolute atomic E-state index is 13.0. The second-order valence-corrected chi connectivity index (χ2v) is 9.03. The molecule has 31 heavy (non-hydrogen) atoms. The second-order valence-electron chi connectivity index (χ2n) is 9.03. The van der Waals surface area contributed by atoms with Crippen LogP contribution in [0, 0.1) is 12.8 Å². The first-order valence-electron chi connectivity index (χ1n) is 10.4. The van der Waals surface area contributed by atoms with E-state index in [0.717, 1.165) is 11.1 Å². The number of carbonyl (C=O) groups excluding carboxylic acids is 2. The molecule has 0 aliphatic heterocycles. The van der Waals surface area contributed by atoms with Gasteiger partial charge >= 0.3 is 0 Å². The molecule has 0 aromatic heterocycles.